The Labute approximate surface area is 229 Å². The van der Waals surface area contributed by atoms with Crippen LogP contribution < -0.4 is 15.0 Å². The van der Waals surface area contributed by atoms with Gasteiger partial charge >= 0.3 is 0 Å². The Kier molecular flexibility index (Phi) is 6.64. The summed E-state index contributed by atoms with van der Waals surface area (Å²) in [4.78, 5) is 26.5. The van der Waals surface area contributed by atoms with E-state index in [0.717, 1.165) is 67.4 Å². The standard InChI is InChI=1S/C30H38N6O3/c1-20(22-16-29(37)32-17-22)39-28-15-21(14-27-30(28)36(19-33-27)24-2-3-24)26-5-4-25(18-31-26)34-8-6-23(7-9-34)35-10-12-38-13-11-35/h4-5,14-15,18-20,22-24H,2-3,6-13,16-17H2,1H3,(H,32,37). The quantitative estimate of drug-likeness (QED) is 0.499. The van der Waals surface area contributed by atoms with E-state index in [1.807, 2.05) is 12.5 Å². The number of carbonyl (C=O) groups excluding carboxylic acids is 1. The van der Waals surface area contributed by atoms with Gasteiger partial charge in [0.25, 0.3) is 0 Å². The van der Waals surface area contributed by atoms with Crippen LogP contribution in [0.1, 0.15) is 45.1 Å². The molecule has 1 amide bonds. The summed E-state index contributed by atoms with van der Waals surface area (Å²) in [5, 5.41) is 2.94. The fraction of sp³-hybridized carbons (Fsp3) is 0.567. The van der Waals surface area contributed by atoms with E-state index in [1.165, 1.54) is 31.4 Å². The number of nitrogens with one attached hydrogen (secondary N) is 1. The van der Waals surface area contributed by atoms with Gasteiger partial charge in [-0.25, -0.2) is 4.98 Å². The van der Waals surface area contributed by atoms with Crippen LogP contribution in [0.25, 0.3) is 22.3 Å². The number of ether oxygens (including phenoxy) is 2. The summed E-state index contributed by atoms with van der Waals surface area (Å²) >= 11 is 0. The number of benzene rings is 1. The summed E-state index contributed by atoms with van der Waals surface area (Å²) in [6, 6.07) is 9.72. The van der Waals surface area contributed by atoms with E-state index in [-0.39, 0.29) is 17.9 Å². The maximum Gasteiger partial charge on any atom is 0.220 e. The number of nitrogens with zero attached hydrogens (tertiary/aromatic N) is 5. The maximum absolute atomic E-state index is 11.8. The van der Waals surface area contributed by atoms with Gasteiger partial charge in [-0.2, -0.15) is 0 Å². The molecule has 1 aliphatic carbocycles. The number of imidazole rings is 1. The van der Waals surface area contributed by atoms with E-state index in [2.05, 4.69) is 50.9 Å². The number of anilines is 1. The van der Waals surface area contributed by atoms with Crippen LogP contribution in [0.4, 0.5) is 5.69 Å². The van der Waals surface area contributed by atoms with Crippen molar-refractivity contribution in [1.82, 2.24) is 24.8 Å². The molecule has 9 heteroatoms. The van der Waals surface area contributed by atoms with Gasteiger partial charge in [0.05, 0.1) is 42.6 Å². The molecular formula is C30H38N6O3. The van der Waals surface area contributed by atoms with Gasteiger partial charge in [0.1, 0.15) is 17.4 Å². The molecule has 9 nitrogen and oxygen atoms in total. The molecule has 2 aromatic heterocycles. The molecule has 1 aromatic carbocycles. The first-order valence-corrected chi connectivity index (χ1v) is 14.6. The summed E-state index contributed by atoms with van der Waals surface area (Å²) in [6.45, 7) is 8.69. The van der Waals surface area contributed by atoms with Crippen LogP contribution in [-0.4, -0.2) is 83.4 Å². The third-order valence-electron chi connectivity index (χ3n) is 9.00. The smallest absolute Gasteiger partial charge is 0.220 e. The zero-order valence-corrected chi connectivity index (χ0v) is 22.7. The lowest BCUT2D eigenvalue weighted by atomic mass is 10.0. The van der Waals surface area contributed by atoms with Gasteiger partial charge in [-0.15, -0.1) is 0 Å². The number of amides is 1. The molecule has 7 rings (SSSR count). The van der Waals surface area contributed by atoms with Gasteiger partial charge in [0.15, 0.2) is 0 Å². The Hall–Kier alpha value is -3.17. The van der Waals surface area contributed by atoms with Crippen molar-refractivity contribution in [2.45, 2.75) is 57.2 Å². The number of pyridine rings is 1. The highest BCUT2D eigenvalue weighted by molar-refractivity contribution is 5.88. The number of carbonyl (C=O) groups is 1. The molecule has 3 saturated heterocycles. The Morgan fingerprint density at radius 2 is 1.85 bits per heavy atom. The fourth-order valence-electron chi connectivity index (χ4n) is 6.43. The summed E-state index contributed by atoms with van der Waals surface area (Å²) in [6.07, 6.45) is 9.11. The molecule has 1 N–H and O–H groups in total. The lowest BCUT2D eigenvalue weighted by molar-refractivity contribution is -0.119. The molecule has 0 spiro atoms. The molecule has 3 aliphatic heterocycles. The van der Waals surface area contributed by atoms with E-state index < -0.39 is 0 Å². The minimum absolute atomic E-state index is 0.0827. The number of aromatic nitrogens is 3. The van der Waals surface area contributed by atoms with E-state index in [9.17, 15) is 4.79 Å². The SMILES string of the molecule is CC(Oc1cc(-c2ccc(N3CCC(N4CCOCC4)CC3)cn2)cc2ncn(C3CC3)c12)C1CNC(=O)C1. The van der Waals surface area contributed by atoms with E-state index in [4.69, 9.17) is 19.4 Å². The number of piperidine rings is 1. The lowest BCUT2D eigenvalue weighted by Gasteiger charge is -2.40. The van der Waals surface area contributed by atoms with Gasteiger partial charge in [0, 0.05) is 62.7 Å². The van der Waals surface area contributed by atoms with E-state index in [1.54, 1.807) is 0 Å². The van der Waals surface area contributed by atoms with Crippen molar-refractivity contribution in [2.24, 2.45) is 5.92 Å². The molecule has 4 fully saturated rings. The van der Waals surface area contributed by atoms with E-state index >= 15 is 0 Å². The first-order valence-electron chi connectivity index (χ1n) is 14.6. The minimum atomic E-state index is -0.0827. The van der Waals surface area contributed by atoms with Crippen LogP contribution in [0, 0.1) is 5.92 Å². The number of hydrogen-bond donors (Lipinski definition) is 1. The van der Waals surface area contributed by atoms with Crippen LogP contribution in [0.5, 0.6) is 5.75 Å². The average Bonchev–Trinajstić information content (AvgIpc) is 3.58. The molecule has 1 saturated carbocycles. The zero-order chi connectivity index (χ0) is 26.3. The normalized spacial score (nSPS) is 23.8. The maximum atomic E-state index is 11.8. The summed E-state index contributed by atoms with van der Waals surface area (Å²) < 4.78 is 14.4. The number of rotatable bonds is 7. The van der Waals surface area contributed by atoms with Crippen LogP contribution in [-0.2, 0) is 9.53 Å². The summed E-state index contributed by atoms with van der Waals surface area (Å²) in [5.74, 6) is 1.10. The number of hydrogen-bond acceptors (Lipinski definition) is 7. The minimum Gasteiger partial charge on any atom is -0.488 e. The molecule has 2 unspecified atom stereocenters. The highest BCUT2D eigenvalue weighted by Crippen LogP contribution is 2.41. The van der Waals surface area contributed by atoms with Crippen LogP contribution in [0.3, 0.4) is 0 Å². The summed E-state index contributed by atoms with van der Waals surface area (Å²) in [5.41, 5.74) is 5.08. The molecule has 2 atom stereocenters. The van der Waals surface area contributed by atoms with Crippen molar-refractivity contribution in [3.63, 3.8) is 0 Å². The van der Waals surface area contributed by atoms with Crippen molar-refractivity contribution in [1.29, 1.82) is 0 Å². The van der Waals surface area contributed by atoms with Crippen LogP contribution in [0.15, 0.2) is 36.8 Å². The Morgan fingerprint density at radius 3 is 2.54 bits per heavy atom. The first kappa shape index (κ1) is 24.8. The second kappa shape index (κ2) is 10.4. The van der Waals surface area contributed by atoms with Gasteiger partial charge in [0.2, 0.25) is 5.91 Å². The number of morpholine rings is 1. The second-order valence-corrected chi connectivity index (χ2v) is 11.6. The Balaban J connectivity index is 1.10. The fourth-order valence-corrected chi connectivity index (χ4v) is 6.43. The van der Waals surface area contributed by atoms with Gasteiger partial charge in [-0.3, -0.25) is 14.7 Å². The monoisotopic (exact) mass is 530 g/mol. The Morgan fingerprint density at radius 1 is 1.03 bits per heavy atom. The topological polar surface area (TPSA) is 84.8 Å². The average molecular weight is 531 g/mol. The van der Waals surface area contributed by atoms with E-state index in [0.29, 0.717) is 25.0 Å². The van der Waals surface area contributed by atoms with Crippen molar-refractivity contribution < 1.29 is 14.3 Å². The highest BCUT2D eigenvalue weighted by atomic mass is 16.5. The first-order chi connectivity index (χ1) is 19.1. The predicted octanol–water partition coefficient (Wildman–Crippen LogP) is 3.64. The third kappa shape index (κ3) is 5.10. The molecule has 5 heterocycles. The third-order valence-corrected chi connectivity index (χ3v) is 9.00. The molecule has 0 radical (unpaired) electrons. The van der Waals surface area contributed by atoms with Crippen molar-refractivity contribution in [3.05, 3.63) is 36.8 Å². The second-order valence-electron chi connectivity index (χ2n) is 11.6. The molecular weight excluding hydrogens is 492 g/mol. The molecule has 4 aliphatic rings. The molecule has 206 valence electrons. The number of fused-ring (bicyclic) bond motifs is 1. The van der Waals surface area contributed by atoms with Gasteiger partial charge < -0.3 is 24.3 Å². The van der Waals surface area contributed by atoms with Crippen molar-refractivity contribution in [2.75, 3.05) is 50.8 Å². The van der Waals surface area contributed by atoms with Gasteiger partial charge in [-0.05, 0) is 56.9 Å². The van der Waals surface area contributed by atoms with Crippen LogP contribution in [0.2, 0.25) is 0 Å². The van der Waals surface area contributed by atoms with Gasteiger partial charge in [-0.1, -0.05) is 0 Å². The lowest BCUT2D eigenvalue weighted by Crippen LogP contribution is -2.49. The zero-order valence-electron chi connectivity index (χ0n) is 22.7. The molecule has 0 bridgehead atoms. The van der Waals surface area contributed by atoms with Crippen LogP contribution >= 0.6 is 0 Å². The predicted molar refractivity (Wildman–Crippen MR) is 150 cm³/mol. The Bertz CT molecular complexity index is 1320. The highest BCUT2D eigenvalue weighted by Gasteiger charge is 2.31. The molecule has 3 aromatic rings. The molecule has 39 heavy (non-hydrogen) atoms. The summed E-state index contributed by atoms with van der Waals surface area (Å²) in [7, 11) is 0. The van der Waals surface area contributed by atoms with Crippen molar-refractivity contribution in [3.8, 4) is 17.0 Å². The largest absolute Gasteiger partial charge is 0.488 e. The van der Waals surface area contributed by atoms with Crippen molar-refractivity contribution >= 4 is 22.6 Å².